The van der Waals surface area contributed by atoms with Gasteiger partial charge in [-0.1, -0.05) is 60.7 Å². The van der Waals surface area contributed by atoms with Crippen LogP contribution in [0.15, 0.2) is 112 Å². The average Bonchev–Trinajstić information content (AvgIpc) is 3.00. The number of methoxy groups -OCH3 is 2. The van der Waals surface area contributed by atoms with Crippen LogP contribution in [0.2, 0.25) is 0 Å². The molecule has 0 saturated carbocycles. The van der Waals surface area contributed by atoms with Crippen molar-refractivity contribution >= 4 is 27.6 Å². The second kappa shape index (κ2) is 12.1. The van der Waals surface area contributed by atoms with E-state index in [0.29, 0.717) is 5.56 Å². The molecular weight excluding hydrogens is 544 g/mol. The number of hydrogen-bond donors (Lipinski definition) is 2. The smallest absolute Gasteiger partial charge is 0.355 e. The van der Waals surface area contributed by atoms with Gasteiger partial charge in [-0.25, -0.2) is 22.7 Å². The van der Waals surface area contributed by atoms with Crippen molar-refractivity contribution in [3.63, 3.8) is 0 Å². The second-order valence-corrected chi connectivity index (χ2v) is 10.8. The van der Waals surface area contributed by atoms with Crippen molar-refractivity contribution in [3.8, 4) is 6.07 Å². The van der Waals surface area contributed by atoms with Gasteiger partial charge in [-0.2, -0.15) is 5.26 Å². The summed E-state index contributed by atoms with van der Waals surface area (Å²) in [6, 6.07) is 24.8. The minimum absolute atomic E-state index is 0.000645. The number of anilines is 1. The minimum atomic E-state index is -3.93. The maximum atomic E-state index is 13.2. The fraction of sp³-hybridized carbons (Fsp3) is 0.167. The van der Waals surface area contributed by atoms with Crippen LogP contribution >= 0.6 is 0 Å². The van der Waals surface area contributed by atoms with Crippen LogP contribution in [0, 0.1) is 11.3 Å². The molecule has 0 radical (unpaired) electrons. The third-order valence-electron chi connectivity index (χ3n) is 6.65. The number of rotatable bonds is 8. The number of nitrogens with two attached hydrogens (primary N) is 1. The van der Waals surface area contributed by atoms with Gasteiger partial charge in [-0.05, 0) is 42.3 Å². The normalized spacial score (nSPS) is 16.1. The number of carbonyl (C=O) groups excluding carboxylic acids is 2. The minimum Gasteiger partial charge on any atom is -0.466 e. The number of hydrogen-bond acceptors (Lipinski definition) is 9. The Morgan fingerprint density at radius 2 is 1.49 bits per heavy atom. The highest BCUT2D eigenvalue weighted by atomic mass is 32.2. The SMILES string of the molecule is COC(=O)C1=C(C(=O)OC)N(c2ccc(S(=O)(=O)NC(C)c3ccccc3)cc2)C(N)=C(C#N)C1c1ccccc1. The lowest BCUT2D eigenvalue weighted by Crippen LogP contribution is -2.40. The van der Waals surface area contributed by atoms with Gasteiger partial charge >= 0.3 is 11.9 Å². The fourth-order valence-corrected chi connectivity index (χ4v) is 5.90. The first-order valence-corrected chi connectivity index (χ1v) is 14.0. The van der Waals surface area contributed by atoms with Gasteiger partial charge in [-0.3, -0.25) is 4.90 Å². The number of esters is 2. The first-order valence-electron chi connectivity index (χ1n) is 12.5. The van der Waals surface area contributed by atoms with Crippen molar-refractivity contribution in [2.45, 2.75) is 23.8 Å². The molecule has 1 aliphatic rings. The van der Waals surface area contributed by atoms with Gasteiger partial charge in [0.05, 0.1) is 42.2 Å². The summed E-state index contributed by atoms with van der Waals surface area (Å²) in [5, 5.41) is 10.1. The molecule has 11 heteroatoms. The van der Waals surface area contributed by atoms with Crippen LogP contribution in [0.4, 0.5) is 5.69 Å². The Balaban J connectivity index is 1.82. The largest absolute Gasteiger partial charge is 0.466 e. The van der Waals surface area contributed by atoms with E-state index in [0.717, 1.165) is 19.8 Å². The zero-order valence-electron chi connectivity index (χ0n) is 22.6. The van der Waals surface area contributed by atoms with Crippen molar-refractivity contribution < 1.29 is 27.5 Å². The molecule has 0 fully saturated rings. The highest BCUT2D eigenvalue weighted by Crippen LogP contribution is 2.43. The third kappa shape index (κ3) is 5.70. The van der Waals surface area contributed by atoms with Crippen LogP contribution in [-0.4, -0.2) is 34.6 Å². The van der Waals surface area contributed by atoms with Gasteiger partial charge < -0.3 is 15.2 Å². The van der Waals surface area contributed by atoms with E-state index in [1.165, 1.54) is 29.2 Å². The molecule has 210 valence electrons. The van der Waals surface area contributed by atoms with E-state index in [1.54, 1.807) is 37.3 Å². The predicted octanol–water partition coefficient (Wildman–Crippen LogP) is 3.62. The van der Waals surface area contributed by atoms with Crippen molar-refractivity contribution in [3.05, 3.63) is 119 Å². The fourth-order valence-electron chi connectivity index (χ4n) is 4.67. The Bertz CT molecular complexity index is 1660. The van der Waals surface area contributed by atoms with Crippen LogP contribution in [-0.2, 0) is 29.1 Å². The Kier molecular flexibility index (Phi) is 8.56. The summed E-state index contributed by atoms with van der Waals surface area (Å²) >= 11 is 0. The summed E-state index contributed by atoms with van der Waals surface area (Å²) in [5.41, 5.74) is 7.64. The number of ether oxygens (including phenoxy) is 2. The van der Waals surface area contributed by atoms with Crippen molar-refractivity contribution in [2.24, 2.45) is 5.73 Å². The van der Waals surface area contributed by atoms with Crippen molar-refractivity contribution in [2.75, 3.05) is 19.1 Å². The topological polar surface area (TPSA) is 152 Å². The molecule has 3 aromatic carbocycles. The number of nitriles is 1. The Hall–Kier alpha value is -4.92. The highest BCUT2D eigenvalue weighted by Gasteiger charge is 2.43. The average molecular weight is 573 g/mol. The van der Waals surface area contributed by atoms with Gasteiger partial charge in [0, 0.05) is 11.7 Å². The molecule has 3 N–H and O–H groups in total. The van der Waals surface area contributed by atoms with Crippen molar-refractivity contribution in [1.82, 2.24) is 4.72 Å². The molecule has 0 saturated heterocycles. The number of nitrogens with one attached hydrogen (secondary N) is 1. The second-order valence-electron chi connectivity index (χ2n) is 9.08. The maximum absolute atomic E-state index is 13.2. The van der Waals surface area contributed by atoms with Crippen LogP contribution in [0.1, 0.15) is 30.0 Å². The molecule has 10 nitrogen and oxygen atoms in total. The van der Waals surface area contributed by atoms with Gasteiger partial charge in [0.2, 0.25) is 10.0 Å². The zero-order valence-corrected chi connectivity index (χ0v) is 23.4. The van der Waals surface area contributed by atoms with Gasteiger partial charge in [0.25, 0.3) is 0 Å². The maximum Gasteiger partial charge on any atom is 0.355 e. The summed E-state index contributed by atoms with van der Waals surface area (Å²) in [6.07, 6.45) is 0. The first kappa shape index (κ1) is 29.1. The molecule has 41 heavy (non-hydrogen) atoms. The van der Waals surface area contributed by atoms with E-state index in [9.17, 15) is 23.3 Å². The lowest BCUT2D eigenvalue weighted by atomic mass is 9.81. The van der Waals surface area contributed by atoms with Crippen LogP contribution in [0.5, 0.6) is 0 Å². The van der Waals surface area contributed by atoms with E-state index in [2.05, 4.69) is 10.8 Å². The predicted molar refractivity (Wildman–Crippen MR) is 151 cm³/mol. The molecule has 2 unspecified atom stereocenters. The summed E-state index contributed by atoms with van der Waals surface area (Å²) in [6.45, 7) is 1.73. The van der Waals surface area contributed by atoms with Gasteiger partial charge in [0.1, 0.15) is 11.5 Å². The van der Waals surface area contributed by atoms with Crippen molar-refractivity contribution in [1.29, 1.82) is 5.26 Å². The summed E-state index contributed by atoms with van der Waals surface area (Å²) in [4.78, 5) is 27.5. The van der Waals surface area contributed by atoms with E-state index in [4.69, 9.17) is 15.2 Å². The van der Waals surface area contributed by atoms with E-state index in [-0.39, 0.29) is 33.2 Å². The highest BCUT2D eigenvalue weighted by molar-refractivity contribution is 7.89. The number of benzene rings is 3. The third-order valence-corrected chi connectivity index (χ3v) is 8.20. The van der Waals surface area contributed by atoms with Gasteiger partial charge in [0.15, 0.2) is 0 Å². The van der Waals surface area contributed by atoms with Crippen LogP contribution in [0.3, 0.4) is 0 Å². The first-order chi connectivity index (χ1) is 19.6. The Morgan fingerprint density at radius 3 is 2.02 bits per heavy atom. The number of sulfonamides is 1. The molecule has 1 heterocycles. The van der Waals surface area contributed by atoms with E-state index < -0.39 is 33.9 Å². The molecule has 0 amide bonds. The van der Waals surface area contributed by atoms with Gasteiger partial charge in [-0.15, -0.1) is 0 Å². The molecule has 3 aromatic rings. The molecule has 1 aliphatic heterocycles. The standard InChI is InChI=1S/C30H28N4O6S/c1-19(20-10-6-4-7-11-20)33-41(37,38)23-16-14-22(15-17-23)34-27(30(36)40-3)26(29(35)39-2)25(24(18-31)28(34)32)21-12-8-5-9-13-21/h4-17,19,25,33H,32H2,1-3H3. The molecule has 0 aliphatic carbocycles. The Labute approximate surface area is 238 Å². The number of carbonyl (C=O) groups is 2. The molecular formula is C30H28N4O6S. The van der Waals surface area contributed by atoms with Crippen LogP contribution < -0.4 is 15.4 Å². The molecule has 0 spiro atoms. The monoisotopic (exact) mass is 572 g/mol. The quantitative estimate of drug-likeness (QED) is 0.386. The van der Waals surface area contributed by atoms with Crippen LogP contribution in [0.25, 0.3) is 0 Å². The molecule has 4 rings (SSSR count). The number of nitrogens with zero attached hydrogens (tertiary/aromatic N) is 2. The molecule has 0 aromatic heterocycles. The number of allylic oxidation sites excluding steroid dienone is 1. The van der Waals surface area contributed by atoms with E-state index >= 15 is 0 Å². The summed E-state index contributed by atoms with van der Waals surface area (Å²) < 4.78 is 38.9. The van der Waals surface area contributed by atoms with E-state index in [1.807, 2.05) is 30.3 Å². The lowest BCUT2D eigenvalue weighted by molar-refractivity contribution is -0.139. The molecule has 0 bridgehead atoms. The summed E-state index contributed by atoms with van der Waals surface area (Å²) in [7, 11) is -1.63. The molecule has 2 atom stereocenters. The summed E-state index contributed by atoms with van der Waals surface area (Å²) in [5.74, 6) is -2.90. The lowest BCUT2D eigenvalue weighted by Gasteiger charge is -2.35. The Morgan fingerprint density at radius 1 is 0.927 bits per heavy atom. The zero-order chi connectivity index (χ0) is 29.7.